The van der Waals surface area contributed by atoms with Crippen LogP contribution in [0.5, 0.6) is 5.75 Å². The number of carbonyl (C=O) groups is 3. The van der Waals surface area contributed by atoms with Gasteiger partial charge in [-0.3, -0.25) is 14.4 Å². The van der Waals surface area contributed by atoms with Gasteiger partial charge in [0, 0.05) is 13.5 Å². The Labute approximate surface area is 121 Å². The molecule has 0 radical (unpaired) electrons. The van der Waals surface area contributed by atoms with E-state index in [1.807, 2.05) is 0 Å². The summed E-state index contributed by atoms with van der Waals surface area (Å²) in [6.07, 6.45) is 0.831. The van der Waals surface area contributed by atoms with Crippen LogP contribution in [0, 0.1) is 0 Å². The summed E-state index contributed by atoms with van der Waals surface area (Å²) in [5, 5.41) is 5.37. The van der Waals surface area contributed by atoms with Crippen LogP contribution >= 0.6 is 0 Å². The molecule has 0 aliphatic carbocycles. The molecule has 1 fully saturated rings. The third kappa shape index (κ3) is 2.42. The lowest BCUT2D eigenvalue weighted by Gasteiger charge is -2.28. The molecule has 2 heterocycles. The summed E-state index contributed by atoms with van der Waals surface area (Å²) in [7, 11) is 1.64. The van der Waals surface area contributed by atoms with Gasteiger partial charge in [-0.2, -0.15) is 0 Å². The summed E-state index contributed by atoms with van der Waals surface area (Å²) in [4.78, 5) is 36.5. The van der Waals surface area contributed by atoms with Crippen LogP contribution < -0.4 is 20.3 Å². The molecule has 1 saturated heterocycles. The van der Waals surface area contributed by atoms with Gasteiger partial charge in [-0.1, -0.05) is 6.07 Å². The second kappa shape index (κ2) is 5.08. The minimum atomic E-state index is -0.529. The number of likely N-dealkylation sites (N-methyl/N-ethyl adjacent to an activating group) is 1. The van der Waals surface area contributed by atoms with E-state index in [0.717, 1.165) is 0 Å². The zero-order chi connectivity index (χ0) is 15.0. The molecule has 0 saturated carbocycles. The van der Waals surface area contributed by atoms with Crippen molar-refractivity contribution in [3.63, 3.8) is 0 Å². The summed E-state index contributed by atoms with van der Waals surface area (Å²) in [6, 6.07) is 4.65. The maximum absolute atomic E-state index is 12.2. The molecular weight excluding hydrogens is 274 g/mol. The minimum absolute atomic E-state index is 0.0143. The molecule has 7 heteroatoms. The van der Waals surface area contributed by atoms with Crippen LogP contribution in [0.3, 0.4) is 0 Å². The first-order valence-corrected chi connectivity index (χ1v) is 6.69. The van der Waals surface area contributed by atoms with Crippen LogP contribution in [0.4, 0.5) is 11.4 Å². The topological polar surface area (TPSA) is 87.7 Å². The van der Waals surface area contributed by atoms with Crippen molar-refractivity contribution in [3.8, 4) is 5.75 Å². The largest absolute Gasteiger partial charge is 0.481 e. The second-order valence-corrected chi connectivity index (χ2v) is 5.04. The molecule has 2 aliphatic rings. The lowest BCUT2D eigenvalue weighted by molar-refractivity contribution is -0.122. The Balaban J connectivity index is 1.85. The molecule has 1 atom stereocenters. The first kappa shape index (κ1) is 13.4. The van der Waals surface area contributed by atoms with Gasteiger partial charge < -0.3 is 20.3 Å². The molecule has 1 aromatic carbocycles. The first-order chi connectivity index (χ1) is 10.1. The van der Waals surface area contributed by atoms with Crippen LogP contribution in [0.2, 0.25) is 0 Å². The zero-order valence-corrected chi connectivity index (χ0v) is 11.5. The molecule has 3 rings (SSSR count). The molecule has 7 nitrogen and oxygen atoms in total. The molecule has 21 heavy (non-hydrogen) atoms. The lowest BCUT2D eigenvalue weighted by Crippen LogP contribution is -2.39. The van der Waals surface area contributed by atoms with Crippen LogP contribution in [0.15, 0.2) is 18.2 Å². The Kier molecular flexibility index (Phi) is 3.25. The number of nitrogens with one attached hydrogen (secondary N) is 2. The summed E-state index contributed by atoms with van der Waals surface area (Å²) >= 11 is 0. The van der Waals surface area contributed by atoms with Crippen molar-refractivity contribution in [1.82, 2.24) is 5.32 Å². The van der Waals surface area contributed by atoms with Gasteiger partial charge in [0.05, 0.1) is 5.69 Å². The number of fused-ring (bicyclic) bond motifs is 1. The molecule has 0 spiro atoms. The second-order valence-electron chi connectivity index (χ2n) is 5.04. The molecule has 0 bridgehead atoms. The highest BCUT2D eigenvalue weighted by Gasteiger charge is 2.30. The van der Waals surface area contributed by atoms with Gasteiger partial charge in [-0.05, 0) is 18.6 Å². The Morgan fingerprint density at radius 1 is 1.43 bits per heavy atom. The fraction of sp³-hybridized carbons (Fsp3) is 0.357. The SMILES string of the molecule is CN1C(=O)COc2cccc(NC(=O)C3CCC(=O)N3)c21. The molecule has 1 unspecified atom stereocenters. The van der Waals surface area contributed by atoms with E-state index >= 15 is 0 Å². The van der Waals surface area contributed by atoms with Gasteiger partial charge in [-0.15, -0.1) is 0 Å². The Hall–Kier alpha value is -2.57. The lowest BCUT2D eigenvalue weighted by atomic mass is 10.1. The smallest absolute Gasteiger partial charge is 0.264 e. The van der Waals surface area contributed by atoms with Crippen molar-refractivity contribution >= 4 is 29.1 Å². The van der Waals surface area contributed by atoms with E-state index in [0.29, 0.717) is 30.0 Å². The molecule has 3 amide bonds. The number of carbonyl (C=O) groups excluding carboxylic acids is 3. The fourth-order valence-electron chi connectivity index (χ4n) is 2.48. The number of hydrogen-bond acceptors (Lipinski definition) is 4. The van der Waals surface area contributed by atoms with Crippen molar-refractivity contribution in [2.45, 2.75) is 18.9 Å². The summed E-state index contributed by atoms with van der Waals surface area (Å²) < 4.78 is 5.36. The Bertz CT molecular complexity index is 629. The quantitative estimate of drug-likeness (QED) is 0.817. The molecule has 2 N–H and O–H groups in total. The number of anilines is 2. The molecule has 2 aliphatic heterocycles. The van der Waals surface area contributed by atoms with Crippen molar-refractivity contribution in [2.75, 3.05) is 23.9 Å². The molecule has 110 valence electrons. The summed E-state index contributed by atoms with van der Waals surface area (Å²) in [5.74, 6) is -0.0507. The standard InChI is InChI=1S/C14H15N3O4/c1-17-12(19)7-21-10-4-2-3-8(13(10)17)16-14(20)9-5-6-11(18)15-9/h2-4,9H,5-7H2,1H3,(H,15,18)(H,16,20). The number of ether oxygens (including phenoxy) is 1. The number of hydrogen-bond donors (Lipinski definition) is 2. The van der Waals surface area contributed by atoms with E-state index in [1.54, 1.807) is 25.2 Å². The number of nitrogens with zero attached hydrogens (tertiary/aromatic N) is 1. The predicted molar refractivity (Wildman–Crippen MR) is 75.1 cm³/mol. The third-order valence-electron chi connectivity index (χ3n) is 3.63. The van der Waals surface area contributed by atoms with E-state index in [1.165, 1.54) is 4.90 Å². The highest BCUT2D eigenvalue weighted by atomic mass is 16.5. The van der Waals surface area contributed by atoms with Crippen LogP contribution in [0.1, 0.15) is 12.8 Å². The van der Waals surface area contributed by atoms with Crippen molar-refractivity contribution in [3.05, 3.63) is 18.2 Å². The van der Waals surface area contributed by atoms with Gasteiger partial charge in [0.25, 0.3) is 5.91 Å². The molecule has 0 aromatic heterocycles. The average molecular weight is 289 g/mol. The summed E-state index contributed by atoms with van der Waals surface area (Å²) in [6.45, 7) is -0.0143. The van der Waals surface area contributed by atoms with Crippen molar-refractivity contribution in [2.24, 2.45) is 0 Å². The third-order valence-corrected chi connectivity index (χ3v) is 3.63. The first-order valence-electron chi connectivity index (χ1n) is 6.69. The van der Waals surface area contributed by atoms with E-state index in [-0.39, 0.29) is 24.3 Å². The number of para-hydroxylation sites is 1. The fourth-order valence-corrected chi connectivity index (χ4v) is 2.48. The van der Waals surface area contributed by atoms with Gasteiger partial charge in [0.1, 0.15) is 17.5 Å². The Morgan fingerprint density at radius 3 is 2.95 bits per heavy atom. The zero-order valence-electron chi connectivity index (χ0n) is 11.5. The molecular formula is C14H15N3O4. The summed E-state index contributed by atoms with van der Waals surface area (Å²) in [5.41, 5.74) is 1.03. The number of benzene rings is 1. The van der Waals surface area contributed by atoms with Gasteiger partial charge in [-0.25, -0.2) is 0 Å². The average Bonchev–Trinajstić information content (AvgIpc) is 2.90. The van der Waals surface area contributed by atoms with E-state index in [4.69, 9.17) is 4.74 Å². The van der Waals surface area contributed by atoms with Crippen molar-refractivity contribution in [1.29, 1.82) is 0 Å². The normalized spacial score (nSPS) is 20.6. The highest BCUT2D eigenvalue weighted by molar-refractivity contribution is 6.06. The van der Waals surface area contributed by atoms with E-state index in [9.17, 15) is 14.4 Å². The van der Waals surface area contributed by atoms with Gasteiger partial charge >= 0.3 is 0 Å². The number of rotatable bonds is 2. The van der Waals surface area contributed by atoms with Gasteiger partial charge in [0.2, 0.25) is 11.8 Å². The predicted octanol–water partition coefficient (Wildman–Crippen LogP) is 0.259. The highest BCUT2D eigenvalue weighted by Crippen LogP contribution is 2.38. The van der Waals surface area contributed by atoms with E-state index < -0.39 is 6.04 Å². The maximum Gasteiger partial charge on any atom is 0.264 e. The Morgan fingerprint density at radius 2 is 2.24 bits per heavy atom. The van der Waals surface area contributed by atoms with Crippen LogP contribution in [-0.4, -0.2) is 37.4 Å². The van der Waals surface area contributed by atoms with Gasteiger partial charge in [0.15, 0.2) is 6.61 Å². The van der Waals surface area contributed by atoms with E-state index in [2.05, 4.69) is 10.6 Å². The monoisotopic (exact) mass is 289 g/mol. The molecule has 1 aromatic rings. The van der Waals surface area contributed by atoms with Crippen molar-refractivity contribution < 1.29 is 19.1 Å². The maximum atomic E-state index is 12.2. The number of amides is 3. The van der Waals surface area contributed by atoms with Crippen LogP contribution in [-0.2, 0) is 14.4 Å². The minimum Gasteiger partial charge on any atom is -0.481 e. The van der Waals surface area contributed by atoms with Crippen LogP contribution in [0.25, 0.3) is 0 Å².